The molecule has 3 N–H and O–H groups in total. The first-order valence-corrected chi connectivity index (χ1v) is 5.83. The molecule has 0 aromatic carbocycles. The van der Waals surface area contributed by atoms with Crippen molar-refractivity contribution in [3.8, 4) is 0 Å². The number of alkyl halides is 3. The third kappa shape index (κ3) is 2.87. The Bertz CT molecular complexity index is 650. The summed E-state index contributed by atoms with van der Waals surface area (Å²) in [4.78, 5) is 3.49. The third-order valence-corrected chi connectivity index (χ3v) is 2.74. The second kappa shape index (κ2) is 5.08. The van der Waals surface area contributed by atoms with Gasteiger partial charge in [0.1, 0.15) is 22.3 Å². The number of nitrogens with one attached hydrogen (secondary N) is 1. The molecule has 0 saturated carbocycles. The first kappa shape index (κ1) is 14.3. The van der Waals surface area contributed by atoms with Crippen molar-refractivity contribution in [3.05, 3.63) is 35.7 Å². The molecule has 0 aliphatic carbocycles. The number of hydrogen-bond donors (Lipinski definition) is 2. The lowest BCUT2D eigenvalue weighted by Crippen LogP contribution is -2.17. The van der Waals surface area contributed by atoms with Crippen LogP contribution in [0.3, 0.4) is 0 Å². The number of pyridine rings is 1. The van der Waals surface area contributed by atoms with E-state index < -0.39 is 11.9 Å². The van der Waals surface area contributed by atoms with Crippen molar-refractivity contribution in [2.45, 2.75) is 6.18 Å². The molecule has 5 nitrogen and oxygen atoms in total. The molecule has 0 bridgehead atoms. The summed E-state index contributed by atoms with van der Waals surface area (Å²) < 4.78 is 39.5. The number of aryl methyl sites for hydroxylation is 1. The summed E-state index contributed by atoms with van der Waals surface area (Å²) in [6.07, 6.45) is -3.05. The lowest BCUT2D eigenvalue weighted by atomic mass is 10.2. The molecule has 0 spiro atoms. The molecule has 2 aromatic rings. The lowest BCUT2D eigenvalue weighted by Gasteiger charge is -2.13. The van der Waals surface area contributed by atoms with Gasteiger partial charge >= 0.3 is 6.18 Å². The first-order chi connectivity index (χ1) is 9.29. The largest absolute Gasteiger partial charge is 0.433 e. The predicted octanol–water partition coefficient (Wildman–Crippen LogP) is 2.21. The van der Waals surface area contributed by atoms with E-state index in [-0.39, 0.29) is 16.4 Å². The van der Waals surface area contributed by atoms with Crippen LogP contribution in [-0.2, 0) is 13.2 Å². The summed E-state index contributed by atoms with van der Waals surface area (Å²) in [5.41, 5.74) is 4.69. The van der Waals surface area contributed by atoms with Gasteiger partial charge in [-0.25, -0.2) is 4.98 Å². The number of anilines is 2. The summed E-state index contributed by atoms with van der Waals surface area (Å²) in [5, 5.41) is 6.64. The van der Waals surface area contributed by atoms with E-state index in [1.54, 1.807) is 13.1 Å². The molecular formula is C11H10F3N5S. The molecule has 0 unspecified atom stereocenters. The normalized spacial score (nSPS) is 11.4. The van der Waals surface area contributed by atoms with Gasteiger partial charge in [0.25, 0.3) is 0 Å². The van der Waals surface area contributed by atoms with Crippen LogP contribution in [0, 0.1) is 0 Å². The van der Waals surface area contributed by atoms with Gasteiger partial charge < -0.3 is 11.1 Å². The number of halogens is 3. The molecule has 0 fully saturated rings. The standard InChI is InChI=1S/C11H10F3N5S/c1-19-8(4-5-16-19)18-10-6(9(15)20)2-3-7(17-10)11(12,13)14/h2-5H,1H3,(H2,15,20)(H,17,18). The molecule has 0 radical (unpaired) electrons. The SMILES string of the molecule is Cn1nccc1Nc1nc(C(F)(F)F)ccc1C(N)=S. The Hall–Kier alpha value is -2.16. The van der Waals surface area contributed by atoms with Crippen LogP contribution < -0.4 is 11.1 Å². The van der Waals surface area contributed by atoms with Crippen LogP contribution in [0.4, 0.5) is 24.8 Å². The van der Waals surface area contributed by atoms with Gasteiger partial charge in [0.2, 0.25) is 0 Å². The number of nitrogens with zero attached hydrogens (tertiary/aromatic N) is 3. The minimum atomic E-state index is -4.54. The monoisotopic (exact) mass is 301 g/mol. The molecule has 106 valence electrons. The number of nitrogens with two attached hydrogens (primary N) is 1. The fraction of sp³-hybridized carbons (Fsp3) is 0.182. The van der Waals surface area contributed by atoms with E-state index in [4.69, 9.17) is 18.0 Å². The average Bonchev–Trinajstić information content (AvgIpc) is 2.73. The van der Waals surface area contributed by atoms with Crippen molar-refractivity contribution in [3.63, 3.8) is 0 Å². The van der Waals surface area contributed by atoms with Crippen LogP contribution in [0.5, 0.6) is 0 Å². The topological polar surface area (TPSA) is 68.8 Å². The quantitative estimate of drug-likeness (QED) is 0.851. The Morgan fingerprint density at radius 1 is 1.35 bits per heavy atom. The fourth-order valence-electron chi connectivity index (χ4n) is 1.53. The van der Waals surface area contributed by atoms with Crippen LogP contribution in [0.25, 0.3) is 0 Å². The maximum absolute atomic E-state index is 12.7. The number of thiocarbonyl (C=S) groups is 1. The van der Waals surface area contributed by atoms with Gasteiger partial charge in [-0.05, 0) is 12.1 Å². The molecule has 9 heteroatoms. The van der Waals surface area contributed by atoms with E-state index in [9.17, 15) is 13.2 Å². The van der Waals surface area contributed by atoms with E-state index >= 15 is 0 Å². The number of rotatable bonds is 3. The molecule has 0 saturated heterocycles. The second-order valence-corrected chi connectivity index (χ2v) is 4.36. The summed E-state index contributed by atoms with van der Waals surface area (Å²) in [6.45, 7) is 0. The molecule has 0 atom stereocenters. The summed E-state index contributed by atoms with van der Waals surface area (Å²) in [5.74, 6) is 0.408. The minimum Gasteiger partial charge on any atom is -0.389 e. The Morgan fingerprint density at radius 3 is 2.55 bits per heavy atom. The van der Waals surface area contributed by atoms with E-state index in [0.29, 0.717) is 5.82 Å². The molecule has 2 aromatic heterocycles. The molecule has 0 aliphatic heterocycles. The Morgan fingerprint density at radius 2 is 2.05 bits per heavy atom. The van der Waals surface area contributed by atoms with E-state index in [0.717, 1.165) is 6.07 Å². The fourth-order valence-corrected chi connectivity index (χ4v) is 1.69. The summed E-state index contributed by atoms with van der Waals surface area (Å²) >= 11 is 4.81. The third-order valence-electron chi connectivity index (χ3n) is 2.52. The van der Waals surface area contributed by atoms with Gasteiger partial charge in [-0.2, -0.15) is 18.3 Å². The number of aromatic nitrogens is 3. The van der Waals surface area contributed by atoms with Crippen molar-refractivity contribution in [1.82, 2.24) is 14.8 Å². The average molecular weight is 301 g/mol. The van der Waals surface area contributed by atoms with Gasteiger partial charge in [0, 0.05) is 13.1 Å². The highest BCUT2D eigenvalue weighted by atomic mass is 32.1. The maximum atomic E-state index is 12.7. The number of hydrogen-bond acceptors (Lipinski definition) is 4. The summed E-state index contributed by atoms with van der Waals surface area (Å²) in [6, 6.07) is 3.62. The van der Waals surface area contributed by atoms with E-state index in [2.05, 4.69) is 15.4 Å². The van der Waals surface area contributed by atoms with Crippen molar-refractivity contribution in [2.24, 2.45) is 12.8 Å². The zero-order chi connectivity index (χ0) is 14.9. The highest BCUT2D eigenvalue weighted by Crippen LogP contribution is 2.30. The van der Waals surface area contributed by atoms with Gasteiger partial charge in [-0.15, -0.1) is 0 Å². The Kier molecular flexibility index (Phi) is 3.62. The van der Waals surface area contributed by atoms with Crippen LogP contribution in [0.2, 0.25) is 0 Å². The minimum absolute atomic E-state index is 0.0455. The molecule has 0 amide bonds. The molecule has 2 heterocycles. The van der Waals surface area contributed by atoms with Crippen LogP contribution in [0.1, 0.15) is 11.3 Å². The Balaban J connectivity index is 2.47. The van der Waals surface area contributed by atoms with Gasteiger partial charge in [-0.1, -0.05) is 12.2 Å². The molecular weight excluding hydrogens is 291 g/mol. The highest BCUT2D eigenvalue weighted by molar-refractivity contribution is 7.80. The maximum Gasteiger partial charge on any atom is 0.433 e. The van der Waals surface area contributed by atoms with E-state index in [1.165, 1.54) is 16.9 Å². The smallest absolute Gasteiger partial charge is 0.389 e. The first-order valence-electron chi connectivity index (χ1n) is 5.42. The van der Waals surface area contributed by atoms with E-state index in [1.807, 2.05) is 0 Å². The zero-order valence-corrected chi connectivity index (χ0v) is 11.1. The van der Waals surface area contributed by atoms with Crippen LogP contribution in [-0.4, -0.2) is 19.8 Å². The summed E-state index contributed by atoms with van der Waals surface area (Å²) in [7, 11) is 1.64. The zero-order valence-electron chi connectivity index (χ0n) is 10.3. The van der Waals surface area contributed by atoms with Crippen LogP contribution in [0.15, 0.2) is 24.4 Å². The predicted molar refractivity (Wildman–Crippen MR) is 71.6 cm³/mol. The van der Waals surface area contributed by atoms with Crippen molar-refractivity contribution < 1.29 is 13.2 Å². The van der Waals surface area contributed by atoms with Gasteiger partial charge in [-0.3, -0.25) is 4.68 Å². The van der Waals surface area contributed by atoms with Crippen molar-refractivity contribution >= 4 is 28.8 Å². The Labute approximate surface area is 117 Å². The van der Waals surface area contributed by atoms with Crippen molar-refractivity contribution in [2.75, 3.05) is 5.32 Å². The van der Waals surface area contributed by atoms with Crippen molar-refractivity contribution in [1.29, 1.82) is 0 Å². The van der Waals surface area contributed by atoms with Gasteiger partial charge in [0.05, 0.1) is 11.8 Å². The van der Waals surface area contributed by atoms with Gasteiger partial charge in [0.15, 0.2) is 0 Å². The lowest BCUT2D eigenvalue weighted by molar-refractivity contribution is -0.141. The second-order valence-electron chi connectivity index (χ2n) is 3.92. The van der Waals surface area contributed by atoms with Crippen LogP contribution >= 0.6 is 12.2 Å². The highest BCUT2D eigenvalue weighted by Gasteiger charge is 2.33. The molecule has 2 rings (SSSR count). The molecule has 20 heavy (non-hydrogen) atoms. The molecule has 0 aliphatic rings.